The Bertz CT molecular complexity index is 282. The Kier molecular flexibility index (Phi) is 3.61. The molecular formula is C13H24N2O2. The van der Waals surface area contributed by atoms with E-state index in [0.717, 1.165) is 38.5 Å². The molecule has 0 unspecified atom stereocenters. The molecule has 0 spiro atoms. The van der Waals surface area contributed by atoms with Crippen LogP contribution in [0.1, 0.15) is 33.6 Å². The first kappa shape index (κ1) is 12.7. The maximum atomic E-state index is 12.0. The van der Waals surface area contributed by atoms with E-state index in [4.69, 9.17) is 4.74 Å². The minimum atomic E-state index is -0.387. The van der Waals surface area contributed by atoms with E-state index in [1.807, 2.05) is 25.7 Å². The predicted octanol–water partition coefficient (Wildman–Crippen LogP) is 1.85. The SMILES string of the molecule is CC(C)(C)OC(=O)N1CCC[C@@H](C2CNC2)C1. The first-order valence-corrected chi connectivity index (χ1v) is 6.64. The zero-order chi connectivity index (χ0) is 12.5. The van der Waals surface area contributed by atoms with Gasteiger partial charge in [-0.05, 0) is 58.5 Å². The summed E-state index contributed by atoms with van der Waals surface area (Å²) < 4.78 is 5.43. The van der Waals surface area contributed by atoms with E-state index in [-0.39, 0.29) is 11.7 Å². The fraction of sp³-hybridized carbons (Fsp3) is 0.923. The molecule has 0 bridgehead atoms. The maximum absolute atomic E-state index is 12.0. The molecular weight excluding hydrogens is 216 g/mol. The van der Waals surface area contributed by atoms with Crippen LogP contribution in [0.4, 0.5) is 4.79 Å². The van der Waals surface area contributed by atoms with Crippen molar-refractivity contribution in [3.05, 3.63) is 0 Å². The largest absolute Gasteiger partial charge is 0.444 e. The van der Waals surface area contributed by atoms with Crippen molar-refractivity contribution in [3.63, 3.8) is 0 Å². The van der Waals surface area contributed by atoms with Crippen molar-refractivity contribution in [2.75, 3.05) is 26.2 Å². The van der Waals surface area contributed by atoms with Gasteiger partial charge in [0.05, 0.1) is 0 Å². The Morgan fingerprint density at radius 3 is 2.53 bits per heavy atom. The number of carbonyl (C=O) groups excluding carboxylic acids is 1. The average Bonchev–Trinajstić information content (AvgIpc) is 2.12. The Hall–Kier alpha value is -0.770. The number of carbonyl (C=O) groups is 1. The molecule has 0 saturated carbocycles. The molecule has 0 aromatic carbocycles. The van der Waals surface area contributed by atoms with Gasteiger partial charge in [0.15, 0.2) is 0 Å². The lowest BCUT2D eigenvalue weighted by atomic mass is 9.82. The highest BCUT2D eigenvalue weighted by molar-refractivity contribution is 5.68. The first-order valence-electron chi connectivity index (χ1n) is 6.64. The molecule has 2 aliphatic rings. The summed E-state index contributed by atoms with van der Waals surface area (Å²) in [6.07, 6.45) is 2.22. The van der Waals surface area contributed by atoms with Crippen LogP contribution < -0.4 is 5.32 Å². The molecule has 2 aliphatic heterocycles. The molecule has 0 aliphatic carbocycles. The summed E-state index contributed by atoms with van der Waals surface area (Å²) in [5.74, 6) is 1.43. The van der Waals surface area contributed by atoms with Crippen molar-refractivity contribution >= 4 is 6.09 Å². The third-order valence-corrected chi connectivity index (χ3v) is 3.59. The van der Waals surface area contributed by atoms with E-state index in [2.05, 4.69) is 5.32 Å². The molecule has 0 aromatic heterocycles. The topological polar surface area (TPSA) is 41.6 Å². The summed E-state index contributed by atoms with van der Waals surface area (Å²) in [6.45, 7) is 9.72. The summed E-state index contributed by atoms with van der Waals surface area (Å²) in [5.41, 5.74) is -0.387. The summed E-state index contributed by atoms with van der Waals surface area (Å²) >= 11 is 0. The van der Waals surface area contributed by atoms with E-state index >= 15 is 0 Å². The van der Waals surface area contributed by atoms with E-state index in [0.29, 0.717) is 5.92 Å². The van der Waals surface area contributed by atoms with Gasteiger partial charge in [0.1, 0.15) is 5.60 Å². The molecule has 2 rings (SSSR count). The molecule has 4 nitrogen and oxygen atoms in total. The van der Waals surface area contributed by atoms with Crippen LogP contribution in [0.25, 0.3) is 0 Å². The van der Waals surface area contributed by atoms with E-state index < -0.39 is 0 Å². The highest BCUT2D eigenvalue weighted by Crippen LogP contribution is 2.27. The van der Waals surface area contributed by atoms with Gasteiger partial charge < -0.3 is 15.0 Å². The highest BCUT2D eigenvalue weighted by atomic mass is 16.6. The quantitative estimate of drug-likeness (QED) is 0.760. The van der Waals surface area contributed by atoms with Crippen LogP contribution in [0.2, 0.25) is 0 Å². The van der Waals surface area contributed by atoms with Crippen molar-refractivity contribution in [1.82, 2.24) is 10.2 Å². The Labute approximate surface area is 104 Å². The molecule has 98 valence electrons. The van der Waals surface area contributed by atoms with Gasteiger partial charge >= 0.3 is 6.09 Å². The molecule has 1 amide bonds. The Morgan fingerprint density at radius 1 is 1.29 bits per heavy atom. The van der Waals surface area contributed by atoms with Gasteiger partial charge in [0.25, 0.3) is 0 Å². The van der Waals surface area contributed by atoms with Gasteiger partial charge in [-0.2, -0.15) is 0 Å². The first-order chi connectivity index (χ1) is 7.96. The predicted molar refractivity (Wildman–Crippen MR) is 66.9 cm³/mol. The molecule has 17 heavy (non-hydrogen) atoms. The monoisotopic (exact) mass is 240 g/mol. The van der Waals surface area contributed by atoms with Gasteiger partial charge in [0.2, 0.25) is 0 Å². The van der Waals surface area contributed by atoms with Crippen LogP contribution >= 0.6 is 0 Å². The number of ether oxygens (including phenoxy) is 1. The number of hydrogen-bond donors (Lipinski definition) is 1. The van der Waals surface area contributed by atoms with Gasteiger partial charge in [0, 0.05) is 13.1 Å². The molecule has 4 heteroatoms. The van der Waals surface area contributed by atoms with Crippen LogP contribution in [0.5, 0.6) is 0 Å². The van der Waals surface area contributed by atoms with Gasteiger partial charge in [-0.15, -0.1) is 0 Å². The lowest BCUT2D eigenvalue weighted by Crippen LogP contribution is -2.52. The second-order valence-electron chi connectivity index (χ2n) is 6.25. The normalized spacial score (nSPS) is 26.5. The molecule has 2 saturated heterocycles. The molecule has 2 heterocycles. The average molecular weight is 240 g/mol. The van der Waals surface area contributed by atoms with Crippen LogP contribution in [0.3, 0.4) is 0 Å². The minimum Gasteiger partial charge on any atom is -0.444 e. The smallest absolute Gasteiger partial charge is 0.410 e. The van der Waals surface area contributed by atoms with Crippen molar-refractivity contribution in [1.29, 1.82) is 0 Å². The maximum Gasteiger partial charge on any atom is 0.410 e. The summed E-state index contributed by atoms with van der Waals surface area (Å²) in [6, 6.07) is 0. The van der Waals surface area contributed by atoms with Crippen LogP contribution in [-0.2, 0) is 4.74 Å². The number of nitrogens with zero attached hydrogens (tertiary/aromatic N) is 1. The molecule has 1 N–H and O–H groups in total. The van der Waals surface area contributed by atoms with Crippen molar-refractivity contribution < 1.29 is 9.53 Å². The van der Waals surface area contributed by atoms with Crippen molar-refractivity contribution in [2.45, 2.75) is 39.2 Å². The molecule has 1 atom stereocenters. The van der Waals surface area contributed by atoms with Crippen LogP contribution in [-0.4, -0.2) is 42.8 Å². The number of nitrogens with one attached hydrogen (secondary N) is 1. The molecule has 0 radical (unpaired) electrons. The number of piperidine rings is 1. The fourth-order valence-electron chi connectivity index (χ4n) is 2.53. The summed E-state index contributed by atoms with van der Waals surface area (Å²) in [5, 5.41) is 3.31. The lowest BCUT2D eigenvalue weighted by molar-refractivity contribution is 0.0106. The Morgan fingerprint density at radius 2 is 2.00 bits per heavy atom. The van der Waals surface area contributed by atoms with Gasteiger partial charge in [-0.25, -0.2) is 4.79 Å². The second kappa shape index (κ2) is 4.84. The Balaban J connectivity index is 1.85. The zero-order valence-electron chi connectivity index (χ0n) is 11.2. The van der Waals surface area contributed by atoms with E-state index in [9.17, 15) is 4.79 Å². The number of rotatable bonds is 1. The number of amides is 1. The summed E-state index contributed by atoms with van der Waals surface area (Å²) in [7, 11) is 0. The standard InChI is InChI=1S/C13H24N2O2/c1-13(2,3)17-12(16)15-6-4-5-10(9-15)11-7-14-8-11/h10-11,14H,4-9H2,1-3H3/t10-/m1/s1. The van der Waals surface area contributed by atoms with Crippen molar-refractivity contribution in [3.8, 4) is 0 Å². The van der Waals surface area contributed by atoms with Crippen LogP contribution in [0, 0.1) is 11.8 Å². The summed E-state index contributed by atoms with van der Waals surface area (Å²) in [4.78, 5) is 13.9. The highest BCUT2D eigenvalue weighted by Gasteiger charge is 2.33. The fourth-order valence-corrected chi connectivity index (χ4v) is 2.53. The molecule has 2 fully saturated rings. The minimum absolute atomic E-state index is 0.144. The molecule has 0 aromatic rings. The lowest BCUT2D eigenvalue weighted by Gasteiger charge is -2.41. The van der Waals surface area contributed by atoms with E-state index in [1.54, 1.807) is 0 Å². The van der Waals surface area contributed by atoms with Crippen molar-refractivity contribution in [2.24, 2.45) is 11.8 Å². The van der Waals surface area contributed by atoms with Gasteiger partial charge in [-0.3, -0.25) is 0 Å². The number of hydrogen-bond acceptors (Lipinski definition) is 3. The number of likely N-dealkylation sites (tertiary alicyclic amines) is 1. The van der Waals surface area contributed by atoms with Crippen LogP contribution in [0.15, 0.2) is 0 Å². The van der Waals surface area contributed by atoms with Gasteiger partial charge in [-0.1, -0.05) is 0 Å². The second-order valence-corrected chi connectivity index (χ2v) is 6.25. The van der Waals surface area contributed by atoms with E-state index in [1.165, 1.54) is 6.42 Å². The zero-order valence-corrected chi connectivity index (χ0v) is 11.2. The third-order valence-electron chi connectivity index (χ3n) is 3.59. The third kappa shape index (κ3) is 3.35.